The van der Waals surface area contributed by atoms with E-state index in [9.17, 15) is 4.21 Å². The first-order valence-corrected chi connectivity index (χ1v) is 16.7. The van der Waals surface area contributed by atoms with Gasteiger partial charge in [-0.2, -0.15) is 9.35 Å². The standard InChI is InChI=1S/C31H41N7O2S/c1-30(2)18-25-31(3,20-40-30)24-19-32-29(33-23-12-10-21(11-13-23)22-14-16-37(4)17-15-22)35-28(24)38(25)27-9-7-8-26(34-27)36-41(5,6)39/h7-13,19,22,25H,14-18,20H2,1-6H3,(H,32,33,35)/t25-,31-/m0/s1. The number of ether oxygens (including phenoxy) is 1. The third-order valence-electron chi connectivity index (χ3n) is 8.74. The summed E-state index contributed by atoms with van der Waals surface area (Å²) in [5.74, 6) is 3.15. The van der Waals surface area contributed by atoms with Crippen LogP contribution in [-0.4, -0.2) is 75.0 Å². The van der Waals surface area contributed by atoms with E-state index in [1.807, 2.05) is 18.3 Å². The van der Waals surface area contributed by atoms with Gasteiger partial charge in [0.05, 0.1) is 18.2 Å². The van der Waals surface area contributed by atoms with E-state index in [0.29, 0.717) is 24.3 Å². The van der Waals surface area contributed by atoms with Gasteiger partial charge in [0, 0.05) is 45.1 Å². The fourth-order valence-electron chi connectivity index (χ4n) is 6.39. The highest BCUT2D eigenvalue weighted by Gasteiger charge is 2.55. The van der Waals surface area contributed by atoms with Gasteiger partial charge in [-0.3, -0.25) is 0 Å². The Morgan fingerprint density at radius 3 is 2.49 bits per heavy atom. The molecule has 2 saturated heterocycles. The van der Waals surface area contributed by atoms with Crippen LogP contribution < -0.4 is 10.2 Å². The second kappa shape index (κ2) is 10.3. The van der Waals surface area contributed by atoms with Crippen LogP contribution in [0.4, 0.5) is 29.1 Å². The normalized spacial score (nSPS) is 24.5. The molecule has 1 aromatic carbocycles. The summed E-state index contributed by atoms with van der Waals surface area (Å²) in [4.78, 5) is 19.3. The summed E-state index contributed by atoms with van der Waals surface area (Å²) in [7, 11) is -0.155. The number of piperidine rings is 1. The average molecular weight is 576 g/mol. The Morgan fingerprint density at radius 2 is 1.78 bits per heavy atom. The molecule has 41 heavy (non-hydrogen) atoms. The van der Waals surface area contributed by atoms with Crippen LogP contribution in [0, 0.1) is 0 Å². The van der Waals surface area contributed by atoms with Crippen molar-refractivity contribution < 1.29 is 8.95 Å². The van der Waals surface area contributed by atoms with Crippen molar-refractivity contribution in [2.75, 3.05) is 49.5 Å². The van der Waals surface area contributed by atoms with Gasteiger partial charge in [0.25, 0.3) is 0 Å². The largest absolute Gasteiger partial charge is 0.374 e. The Balaban J connectivity index is 1.34. The first kappa shape index (κ1) is 28.1. The quantitative estimate of drug-likeness (QED) is 0.410. The van der Waals surface area contributed by atoms with Crippen molar-refractivity contribution in [3.63, 3.8) is 0 Å². The molecule has 0 saturated carbocycles. The fraction of sp³-hybridized carbons (Fsp3) is 0.516. The van der Waals surface area contributed by atoms with Crippen molar-refractivity contribution in [2.45, 2.75) is 63.0 Å². The molecule has 2 aromatic heterocycles. The van der Waals surface area contributed by atoms with Gasteiger partial charge in [0.1, 0.15) is 11.6 Å². The predicted molar refractivity (Wildman–Crippen MR) is 165 cm³/mol. The van der Waals surface area contributed by atoms with Crippen LogP contribution in [0.5, 0.6) is 0 Å². The maximum atomic E-state index is 12.4. The second-order valence-corrected chi connectivity index (χ2v) is 15.5. The van der Waals surface area contributed by atoms with Crippen LogP contribution in [0.2, 0.25) is 0 Å². The van der Waals surface area contributed by atoms with Gasteiger partial charge in [-0.05, 0) is 89.0 Å². The summed E-state index contributed by atoms with van der Waals surface area (Å²) < 4.78 is 23.1. The van der Waals surface area contributed by atoms with Gasteiger partial charge in [-0.15, -0.1) is 0 Å². The molecule has 0 amide bonds. The number of anilines is 4. The zero-order valence-corrected chi connectivity index (χ0v) is 25.7. The Morgan fingerprint density at radius 1 is 1.05 bits per heavy atom. The van der Waals surface area contributed by atoms with Crippen molar-refractivity contribution in [1.29, 1.82) is 0 Å². The molecule has 10 heteroatoms. The van der Waals surface area contributed by atoms with Gasteiger partial charge in [0.2, 0.25) is 5.95 Å². The monoisotopic (exact) mass is 575 g/mol. The highest BCUT2D eigenvalue weighted by Crippen LogP contribution is 2.53. The molecule has 218 valence electrons. The van der Waals surface area contributed by atoms with Crippen molar-refractivity contribution >= 4 is 38.8 Å². The van der Waals surface area contributed by atoms with E-state index < -0.39 is 9.73 Å². The number of benzene rings is 1. The van der Waals surface area contributed by atoms with Crippen molar-refractivity contribution in [3.05, 3.63) is 59.8 Å². The van der Waals surface area contributed by atoms with Crippen molar-refractivity contribution in [1.82, 2.24) is 19.9 Å². The minimum Gasteiger partial charge on any atom is -0.374 e. The Labute approximate surface area is 243 Å². The summed E-state index contributed by atoms with van der Waals surface area (Å²) >= 11 is 0. The van der Waals surface area contributed by atoms with Crippen LogP contribution in [0.15, 0.2) is 53.0 Å². The number of nitrogens with zero attached hydrogens (tertiary/aromatic N) is 6. The average Bonchev–Trinajstić information content (AvgIpc) is 3.15. The number of hydrogen-bond donors (Lipinski definition) is 1. The Hall–Kier alpha value is -3.08. The molecule has 0 aliphatic carbocycles. The van der Waals surface area contributed by atoms with Crippen molar-refractivity contribution in [3.8, 4) is 0 Å². The summed E-state index contributed by atoms with van der Waals surface area (Å²) in [5, 5.41) is 3.43. The number of pyridine rings is 1. The summed E-state index contributed by atoms with van der Waals surface area (Å²) in [6.45, 7) is 9.34. The molecule has 0 bridgehead atoms. The van der Waals surface area contributed by atoms with E-state index in [1.54, 1.807) is 18.6 Å². The smallest absolute Gasteiger partial charge is 0.229 e. The molecule has 0 radical (unpaired) electrons. The molecule has 3 aliphatic rings. The molecule has 3 aliphatic heterocycles. The van der Waals surface area contributed by atoms with E-state index in [-0.39, 0.29) is 17.1 Å². The van der Waals surface area contributed by atoms with Crippen LogP contribution in [-0.2, 0) is 19.9 Å². The number of hydrogen-bond acceptors (Lipinski definition) is 9. The van der Waals surface area contributed by atoms with Crippen LogP contribution in [0.1, 0.15) is 57.1 Å². The molecule has 2 fully saturated rings. The molecule has 3 aromatic rings. The summed E-state index contributed by atoms with van der Waals surface area (Å²) in [5.41, 5.74) is 2.79. The SMILES string of the molecule is CN1CCC(c2ccc(Nc3ncc4c(n3)N(c3cccc(N=S(C)(C)=O)n3)[C@H]3CC(C)(C)OC[C@@]43C)cc2)CC1. The van der Waals surface area contributed by atoms with E-state index in [2.05, 4.69) is 71.6 Å². The molecule has 9 nitrogen and oxygen atoms in total. The number of likely N-dealkylation sites (tertiary alicyclic amines) is 1. The highest BCUT2D eigenvalue weighted by molar-refractivity contribution is 7.92. The van der Waals surface area contributed by atoms with Crippen LogP contribution in [0.25, 0.3) is 0 Å². The summed E-state index contributed by atoms with van der Waals surface area (Å²) in [6, 6.07) is 14.5. The lowest BCUT2D eigenvalue weighted by atomic mass is 9.73. The minimum atomic E-state index is -2.35. The number of fused-ring (bicyclic) bond motifs is 3. The van der Waals surface area contributed by atoms with Gasteiger partial charge in [-0.1, -0.05) is 25.1 Å². The second-order valence-electron chi connectivity index (χ2n) is 12.9. The molecular formula is C31H41N7O2S. The summed E-state index contributed by atoms with van der Waals surface area (Å²) in [6.07, 6.45) is 8.37. The van der Waals surface area contributed by atoms with Gasteiger partial charge in [0.15, 0.2) is 5.82 Å². The maximum Gasteiger partial charge on any atom is 0.229 e. The van der Waals surface area contributed by atoms with Gasteiger partial charge >= 0.3 is 0 Å². The minimum absolute atomic E-state index is 0.0648. The van der Waals surface area contributed by atoms with Gasteiger partial charge < -0.3 is 19.9 Å². The zero-order valence-electron chi connectivity index (χ0n) is 24.9. The van der Waals surface area contributed by atoms with Crippen molar-refractivity contribution in [2.24, 2.45) is 4.36 Å². The number of aromatic nitrogens is 3. The third kappa shape index (κ3) is 5.69. The topological polar surface area (TPSA) is 95.8 Å². The number of rotatable bonds is 5. The third-order valence-corrected chi connectivity index (χ3v) is 9.37. The fourth-order valence-corrected chi connectivity index (χ4v) is 6.94. The lowest BCUT2D eigenvalue weighted by Gasteiger charge is -2.46. The first-order chi connectivity index (χ1) is 19.4. The molecular weight excluding hydrogens is 534 g/mol. The van der Waals surface area contributed by atoms with Gasteiger partial charge in [-0.25, -0.2) is 14.2 Å². The lowest BCUT2D eigenvalue weighted by Crippen LogP contribution is -2.54. The maximum absolute atomic E-state index is 12.4. The van der Waals surface area contributed by atoms with E-state index >= 15 is 0 Å². The lowest BCUT2D eigenvalue weighted by molar-refractivity contribution is -0.0893. The van der Waals surface area contributed by atoms with E-state index in [1.165, 1.54) is 18.4 Å². The molecule has 0 unspecified atom stereocenters. The molecule has 2 atom stereocenters. The first-order valence-electron chi connectivity index (χ1n) is 14.4. The molecule has 6 rings (SSSR count). The number of nitrogens with one attached hydrogen (secondary N) is 1. The molecule has 1 N–H and O–H groups in total. The highest BCUT2D eigenvalue weighted by atomic mass is 32.2. The predicted octanol–water partition coefficient (Wildman–Crippen LogP) is 5.76. The Bertz CT molecular complexity index is 1550. The molecule has 0 spiro atoms. The van der Waals surface area contributed by atoms with E-state index in [0.717, 1.165) is 42.4 Å². The molecule has 5 heterocycles. The van der Waals surface area contributed by atoms with Crippen LogP contribution >= 0.6 is 0 Å². The van der Waals surface area contributed by atoms with E-state index in [4.69, 9.17) is 19.7 Å². The zero-order chi connectivity index (χ0) is 29.0. The van der Waals surface area contributed by atoms with Crippen LogP contribution in [0.3, 0.4) is 0 Å². The Kier molecular flexibility index (Phi) is 7.07.